The topological polar surface area (TPSA) is 134 Å². The van der Waals surface area contributed by atoms with Crippen molar-refractivity contribution >= 4 is 19.8 Å². The highest BCUT2D eigenvalue weighted by atomic mass is 31.2. The number of rotatable bonds is 38. The summed E-state index contributed by atoms with van der Waals surface area (Å²) in [6.45, 7) is 3.54. The Hall–Kier alpha value is -2.29. The van der Waals surface area contributed by atoms with Crippen molar-refractivity contribution in [2.24, 2.45) is 5.73 Å². The number of ether oxygens (including phenoxy) is 2. The van der Waals surface area contributed by atoms with E-state index in [0.29, 0.717) is 6.42 Å². The Morgan fingerprint density at radius 2 is 1.06 bits per heavy atom. The summed E-state index contributed by atoms with van der Waals surface area (Å²) in [5.74, 6) is -1.14. The van der Waals surface area contributed by atoms with Crippen LogP contribution in [0.4, 0.5) is 0 Å². The summed E-state index contributed by atoms with van der Waals surface area (Å²) in [4.78, 5) is 34.6. The van der Waals surface area contributed by atoms with Crippen LogP contribution in [-0.2, 0) is 32.7 Å². The number of hydrogen-bond donors (Lipinski definition) is 2. The van der Waals surface area contributed by atoms with Crippen LogP contribution in [0.5, 0.6) is 0 Å². The van der Waals surface area contributed by atoms with Gasteiger partial charge >= 0.3 is 19.8 Å². The predicted octanol–water partition coefficient (Wildman–Crippen LogP) is 11.7. The second-order valence-electron chi connectivity index (χ2n) is 13.7. The number of unbranched alkanes of at least 4 members (excludes halogenated alkanes) is 21. The number of phosphoric acid groups is 1. The molecule has 0 amide bonds. The molecule has 0 radical (unpaired) electrons. The molecule has 0 heterocycles. The zero-order chi connectivity index (χ0) is 38.9. The molecule has 53 heavy (non-hydrogen) atoms. The number of phosphoric ester groups is 1. The van der Waals surface area contributed by atoms with E-state index in [0.717, 1.165) is 19.3 Å². The lowest BCUT2D eigenvalue weighted by Crippen LogP contribution is -2.29. The second-order valence-corrected chi connectivity index (χ2v) is 15.1. The second kappa shape index (κ2) is 39.4. The van der Waals surface area contributed by atoms with Gasteiger partial charge in [0.05, 0.1) is 13.2 Å². The van der Waals surface area contributed by atoms with Gasteiger partial charge in [0.25, 0.3) is 0 Å². The van der Waals surface area contributed by atoms with E-state index in [1.807, 2.05) is 24.3 Å². The molecule has 0 aromatic rings. The molecule has 0 aliphatic heterocycles. The van der Waals surface area contributed by atoms with Crippen molar-refractivity contribution in [3.05, 3.63) is 60.8 Å². The van der Waals surface area contributed by atoms with Gasteiger partial charge in [0.15, 0.2) is 6.10 Å². The molecule has 2 unspecified atom stereocenters. The quantitative estimate of drug-likeness (QED) is 0.0207. The molecule has 10 heteroatoms. The molecule has 0 aliphatic rings. The van der Waals surface area contributed by atoms with E-state index in [2.05, 4.69) is 26.0 Å². The van der Waals surface area contributed by atoms with E-state index in [9.17, 15) is 19.0 Å². The van der Waals surface area contributed by atoms with Crippen LogP contribution in [0.25, 0.3) is 0 Å². The van der Waals surface area contributed by atoms with Crippen LogP contribution >= 0.6 is 7.82 Å². The summed E-state index contributed by atoms with van der Waals surface area (Å²) in [6, 6.07) is 0. The number of esters is 2. The van der Waals surface area contributed by atoms with Crippen LogP contribution in [0.3, 0.4) is 0 Å². The molecule has 0 fully saturated rings. The van der Waals surface area contributed by atoms with E-state index in [4.69, 9.17) is 24.3 Å². The lowest BCUT2D eigenvalue weighted by Gasteiger charge is -2.19. The van der Waals surface area contributed by atoms with Crippen molar-refractivity contribution in [1.82, 2.24) is 0 Å². The molecule has 0 saturated carbocycles. The molecule has 3 N–H and O–H groups in total. The first-order chi connectivity index (χ1) is 25.8. The van der Waals surface area contributed by atoms with Crippen LogP contribution < -0.4 is 5.73 Å². The van der Waals surface area contributed by atoms with E-state index >= 15 is 0 Å². The summed E-state index contributed by atoms with van der Waals surface area (Å²) in [5, 5.41) is 0. The molecular weight excluding hydrogens is 689 g/mol. The van der Waals surface area contributed by atoms with Gasteiger partial charge in [-0.3, -0.25) is 13.8 Å². The SMILES string of the molecule is CCCCCCCCCC=CC=CC=CC=CC=CC(=O)OC(COC(=O)CCCCCCCCCCCCCCCCC)COP(=O)(O)OCCN. The van der Waals surface area contributed by atoms with Gasteiger partial charge in [-0.1, -0.05) is 197 Å². The summed E-state index contributed by atoms with van der Waals surface area (Å²) in [5.41, 5.74) is 5.33. The maximum Gasteiger partial charge on any atom is 0.472 e. The molecule has 0 spiro atoms. The Labute approximate surface area is 323 Å². The molecule has 0 aromatic carbocycles. The van der Waals surface area contributed by atoms with Gasteiger partial charge in [0.2, 0.25) is 0 Å². The average Bonchev–Trinajstić information content (AvgIpc) is 3.14. The van der Waals surface area contributed by atoms with Gasteiger partial charge in [-0.2, -0.15) is 0 Å². The average molecular weight is 766 g/mol. The van der Waals surface area contributed by atoms with Crippen LogP contribution in [0.1, 0.15) is 168 Å². The fourth-order valence-electron chi connectivity index (χ4n) is 5.51. The number of carbonyl (C=O) groups is 2. The Balaban J connectivity index is 4.40. The van der Waals surface area contributed by atoms with Crippen molar-refractivity contribution in [1.29, 1.82) is 0 Å². The fourth-order valence-corrected chi connectivity index (χ4v) is 6.28. The van der Waals surface area contributed by atoms with Crippen molar-refractivity contribution in [2.45, 2.75) is 174 Å². The molecule has 0 aliphatic carbocycles. The Bertz CT molecular complexity index is 1050. The third-order valence-corrected chi connectivity index (χ3v) is 9.60. The molecule has 0 saturated heterocycles. The molecule has 306 valence electrons. The normalized spacial score (nSPS) is 14.0. The summed E-state index contributed by atoms with van der Waals surface area (Å²) < 4.78 is 32.5. The summed E-state index contributed by atoms with van der Waals surface area (Å²) in [7, 11) is -4.41. The Morgan fingerprint density at radius 1 is 0.604 bits per heavy atom. The zero-order valence-electron chi connectivity index (χ0n) is 33.5. The van der Waals surface area contributed by atoms with Gasteiger partial charge < -0.3 is 20.1 Å². The number of allylic oxidation sites excluding steroid dienone is 9. The predicted molar refractivity (Wildman–Crippen MR) is 219 cm³/mol. The van der Waals surface area contributed by atoms with E-state index in [1.165, 1.54) is 134 Å². The van der Waals surface area contributed by atoms with Gasteiger partial charge in [-0.05, 0) is 19.3 Å². The van der Waals surface area contributed by atoms with Crippen LogP contribution in [0.2, 0.25) is 0 Å². The molecule has 0 rings (SSSR count). The Morgan fingerprint density at radius 3 is 1.57 bits per heavy atom. The first-order valence-corrected chi connectivity index (χ1v) is 22.4. The molecule has 2 atom stereocenters. The largest absolute Gasteiger partial charge is 0.472 e. The highest BCUT2D eigenvalue weighted by molar-refractivity contribution is 7.47. The van der Waals surface area contributed by atoms with Gasteiger partial charge in [-0.15, -0.1) is 0 Å². The lowest BCUT2D eigenvalue weighted by atomic mass is 10.0. The highest BCUT2D eigenvalue weighted by Crippen LogP contribution is 2.43. The van der Waals surface area contributed by atoms with Gasteiger partial charge in [-0.25, -0.2) is 9.36 Å². The standard InChI is InChI=1S/C43H76NO8P/c1-3-5-7-9-11-13-15-17-19-20-22-24-26-28-30-32-34-36-43(46)52-41(40-51-53(47,48)50-38-37-44)39-49-42(45)35-33-31-29-27-25-23-21-18-16-14-12-10-8-6-4-2/h19-20,22,24,26,28,30,32,34,36,41H,3-18,21,23,25,27,29,31,33,35,37-40,44H2,1-2H3,(H,47,48). The van der Waals surface area contributed by atoms with Gasteiger partial charge in [0.1, 0.15) is 6.61 Å². The molecule has 0 aromatic heterocycles. The monoisotopic (exact) mass is 766 g/mol. The fraction of sp³-hybridized carbons (Fsp3) is 0.721. The minimum Gasteiger partial charge on any atom is -0.462 e. The van der Waals surface area contributed by atoms with Crippen LogP contribution in [0.15, 0.2) is 60.8 Å². The molecular formula is C43H76NO8P. The third-order valence-electron chi connectivity index (χ3n) is 8.61. The maximum absolute atomic E-state index is 12.4. The minimum atomic E-state index is -4.41. The Kier molecular flexibility index (Phi) is 37.7. The first kappa shape index (κ1) is 50.7. The number of nitrogens with two attached hydrogens (primary N) is 1. The van der Waals surface area contributed by atoms with Crippen molar-refractivity contribution < 1.29 is 37.6 Å². The lowest BCUT2D eigenvalue weighted by molar-refractivity contribution is -0.157. The third kappa shape index (κ3) is 39.2. The van der Waals surface area contributed by atoms with Crippen molar-refractivity contribution in [2.75, 3.05) is 26.4 Å². The van der Waals surface area contributed by atoms with E-state index in [-0.39, 0.29) is 26.2 Å². The van der Waals surface area contributed by atoms with Crippen molar-refractivity contribution in [3.8, 4) is 0 Å². The van der Waals surface area contributed by atoms with Crippen molar-refractivity contribution in [3.63, 3.8) is 0 Å². The molecule has 0 bridgehead atoms. The number of carbonyl (C=O) groups excluding carboxylic acids is 2. The van der Waals surface area contributed by atoms with E-state index < -0.39 is 32.5 Å². The zero-order valence-corrected chi connectivity index (χ0v) is 34.4. The highest BCUT2D eigenvalue weighted by Gasteiger charge is 2.25. The van der Waals surface area contributed by atoms with Crippen LogP contribution in [-0.4, -0.2) is 49.3 Å². The first-order valence-electron chi connectivity index (χ1n) is 20.9. The minimum absolute atomic E-state index is 0.0312. The summed E-state index contributed by atoms with van der Waals surface area (Å²) in [6.07, 6.45) is 46.1. The summed E-state index contributed by atoms with van der Waals surface area (Å²) >= 11 is 0. The molecule has 9 nitrogen and oxygen atoms in total. The number of hydrogen-bond acceptors (Lipinski definition) is 8. The smallest absolute Gasteiger partial charge is 0.462 e. The maximum atomic E-state index is 12.4. The van der Waals surface area contributed by atoms with Gasteiger partial charge in [0, 0.05) is 19.0 Å². The van der Waals surface area contributed by atoms with E-state index in [1.54, 1.807) is 12.2 Å². The van der Waals surface area contributed by atoms with Crippen LogP contribution in [0, 0.1) is 0 Å².